The van der Waals surface area contributed by atoms with Gasteiger partial charge in [-0.3, -0.25) is 9.80 Å². The van der Waals surface area contributed by atoms with Gasteiger partial charge in [-0.15, -0.1) is 0 Å². The Bertz CT molecular complexity index is 330. The fourth-order valence-corrected chi connectivity index (χ4v) is 4.47. The van der Waals surface area contributed by atoms with Gasteiger partial charge < -0.3 is 9.64 Å². The maximum atomic E-state index is 5.84. The molecule has 0 bridgehead atoms. The molecule has 0 radical (unpaired) electrons. The number of likely N-dealkylation sites (tertiary alicyclic amines) is 1. The third-order valence-electron chi connectivity index (χ3n) is 6.20. The highest BCUT2D eigenvalue weighted by Crippen LogP contribution is 2.25. The summed E-state index contributed by atoms with van der Waals surface area (Å²) in [6.07, 6.45) is 6.78. The molecule has 0 amide bonds. The van der Waals surface area contributed by atoms with Crippen molar-refractivity contribution in [1.82, 2.24) is 14.7 Å². The second-order valence-corrected chi connectivity index (χ2v) is 8.33. The average Bonchev–Trinajstić information content (AvgIpc) is 2.59. The van der Waals surface area contributed by atoms with Gasteiger partial charge in [-0.1, -0.05) is 20.8 Å². The van der Waals surface area contributed by atoms with E-state index >= 15 is 0 Å². The average molecular weight is 340 g/mol. The van der Waals surface area contributed by atoms with Gasteiger partial charge in [0.1, 0.15) is 0 Å². The topological polar surface area (TPSA) is 19.0 Å². The summed E-state index contributed by atoms with van der Waals surface area (Å²) in [6, 6.07) is 1.42. The number of methoxy groups -OCH3 is 1. The van der Waals surface area contributed by atoms with Gasteiger partial charge in [-0.05, 0) is 45.1 Å². The van der Waals surface area contributed by atoms with Gasteiger partial charge in [0.15, 0.2) is 0 Å². The summed E-state index contributed by atoms with van der Waals surface area (Å²) in [6.45, 7) is 14.4. The first kappa shape index (κ1) is 20.2. The monoisotopic (exact) mass is 339 g/mol. The number of hydrogen-bond acceptors (Lipinski definition) is 4. The number of ether oxygens (including phenoxy) is 1. The van der Waals surface area contributed by atoms with Crippen molar-refractivity contribution in [3.8, 4) is 0 Å². The van der Waals surface area contributed by atoms with Crippen molar-refractivity contribution in [2.24, 2.45) is 5.92 Å². The van der Waals surface area contributed by atoms with Crippen LogP contribution in [0.3, 0.4) is 0 Å². The van der Waals surface area contributed by atoms with E-state index in [1.54, 1.807) is 0 Å². The van der Waals surface area contributed by atoms with Gasteiger partial charge in [-0.25, -0.2) is 0 Å². The summed E-state index contributed by atoms with van der Waals surface area (Å²) in [5.74, 6) is 0.782. The van der Waals surface area contributed by atoms with Crippen LogP contribution in [0.5, 0.6) is 0 Å². The van der Waals surface area contributed by atoms with E-state index in [0.717, 1.165) is 18.4 Å². The highest BCUT2D eigenvalue weighted by molar-refractivity contribution is 4.88. The highest BCUT2D eigenvalue weighted by Gasteiger charge is 2.32. The molecule has 0 aromatic rings. The molecule has 0 spiro atoms. The Morgan fingerprint density at radius 1 is 0.958 bits per heavy atom. The van der Waals surface area contributed by atoms with E-state index in [4.69, 9.17) is 4.74 Å². The van der Waals surface area contributed by atoms with Gasteiger partial charge in [0.25, 0.3) is 0 Å². The number of rotatable bonds is 8. The summed E-state index contributed by atoms with van der Waals surface area (Å²) < 4.78 is 5.84. The predicted octanol–water partition coefficient (Wildman–Crippen LogP) is 2.93. The fraction of sp³-hybridized carbons (Fsp3) is 1.00. The maximum absolute atomic E-state index is 5.84. The van der Waals surface area contributed by atoms with Crippen LogP contribution in [0.25, 0.3) is 0 Å². The summed E-state index contributed by atoms with van der Waals surface area (Å²) >= 11 is 0. The van der Waals surface area contributed by atoms with Gasteiger partial charge in [-0.2, -0.15) is 0 Å². The zero-order valence-corrected chi connectivity index (χ0v) is 16.8. The van der Waals surface area contributed by atoms with E-state index < -0.39 is 0 Å². The van der Waals surface area contributed by atoms with Crippen LogP contribution in [0.4, 0.5) is 0 Å². The second kappa shape index (κ2) is 10.1. The van der Waals surface area contributed by atoms with Crippen molar-refractivity contribution in [3.63, 3.8) is 0 Å². The fourth-order valence-electron chi connectivity index (χ4n) is 4.47. The first-order valence-electron chi connectivity index (χ1n) is 10.2. The number of piperazine rings is 1. The molecule has 0 aromatic carbocycles. The van der Waals surface area contributed by atoms with Crippen LogP contribution in [-0.4, -0.2) is 86.3 Å². The minimum absolute atomic E-state index is 0.393. The molecule has 2 unspecified atom stereocenters. The molecule has 4 heteroatoms. The molecule has 142 valence electrons. The van der Waals surface area contributed by atoms with Crippen molar-refractivity contribution in [3.05, 3.63) is 0 Å². The zero-order chi connectivity index (χ0) is 17.5. The molecule has 2 heterocycles. The molecule has 24 heavy (non-hydrogen) atoms. The number of piperidine rings is 1. The number of likely N-dealkylation sites (N-methyl/N-ethyl adjacent to an activating group) is 1. The Labute approximate surface area is 150 Å². The van der Waals surface area contributed by atoms with Crippen LogP contribution >= 0.6 is 0 Å². The lowest BCUT2D eigenvalue weighted by atomic mass is 9.93. The molecule has 4 nitrogen and oxygen atoms in total. The van der Waals surface area contributed by atoms with Crippen LogP contribution in [-0.2, 0) is 4.74 Å². The highest BCUT2D eigenvalue weighted by atomic mass is 16.5. The van der Waals surface area contributed by atoms with Gasteiger partial charge in [0, 0.05) is 58.5 Å². The minimum atomic E-state index is 0.393. The SMILES string of the molecule is CCC(OC)C(CCC(C)C)N1CCC(N2CCN(C)CC2)CC1. The molecular formula is C20H41N3O. The molecule has 2 aliphatic rings. The first-order valence-corrected chi connectivity index (χ1v) is 10.2. The Hall–Kier alpha value is -0.160. The Morgan fingerprint density at radius 3 is 2.08 bits per heavy atom. The van der Waals surface area contributed by atoms with E-state index in [0.29, 0.717) is 12.1 Å². The van der Waals surface area contributed by atoms with Crippen molar-refractivity contribution >= 4 is 0 Å². The second-order valence-electron chi connectivity index (χ2n) is 8.33. The number of hydrogen-bond donors (Lipinski definition) is 0. The molecule has 2 aliphatic heterocycles. The van der Waals surface area contributed by atoms with Crippen LogP contribution in [0.15, 0.2) is 0 Å². The zero-order valence-electron chi connectivity index (χ0n) is 16.8. The van der Waals surface area contributed by atoms with Crippen molar-refractivity contribution in [1.29, 1.82) is 0 Å². The Balaban J connectivity index is 1.86. The lowest BCUT2D eigenvalue weighted by molar-refractivity contribution is -0.0162. The van der Waals surface area contributed by atoms with Gasteiger partial charge >= 0.3 is 0 Å². The van der Waals surface area contributed by atoms with Crippen molar-refractivity contribution in [2.75, 3.05) is 53.4 Å². The molecule has 0 saturated carbocycles. The van der Waals surface area contributed by atoms with Crippen LogP contribution < -0.4 is 0 Å². The summed E-state index contributed by atoms with van der Waals surface area (Å²) in [4.78, 5) is 7.94. The Morgan fingerprint density at radius 2 is 1.58 bits per heavy atom. The van der Waals surface area contributed by atoms with Crippen molar-refractivity contribution in [2.45, 2.75) is 71.1 Å². The largest absolute Gasteiger partial charge is 0.380 e. The summed E-state index contributed by atoms with van der Waals surface area (Å²) in [7, 11) is 4.14. The molecule has 0 N–H and O–H groups in total. The summed E-state index contributed by atoms with van der Waals surface area (Å²) in [5, 5.41) is 0. The molecule has 2 rings (SSSR count). The van der Waals surface area contributed by atoms with E-state index in [1.165, 1.54) is 65.0 Å². The standard InChI is InChI=1S/C20H41N3O/c1-6-20(24-5)19(8-7-17(2)3)23-11-9-18(10-12-23)22-15-13-21(4)14-16-22/h17-20H,6-16H2,1-5H3. The van der Waals surface area contributed by atoms with Gasteiger partial charge in [0.05, 0.1) is 6.10 Å². The van der Waals surface area contributed by atoms with Crippen molar-refractivity contribution < 1.29 is 4.74 Å². The minimum Gasteiger partial charge on any atom is -0.380 e. The van der Waals surface area contributed by atoms with Crippen LogP contribution in [0.1, 0.15) is 52.9 Å². The quantitative estimate of drug-likeness (QED) is 0.677. The van der Waals surface area contributed by atoms with E-state index in [9.17, 15) is 0 Å². The molecule has 0 aliphatic carbocycles. The third kappa shape index (κ3) is 5.69. The normalized spacial score (nSPS) is 25.2. The van der Waals surface area contributed by atoms with Crippen LogP contribution in [0, 0.1) is 5.92 Å². The van der Waals surface area contributed by atoms with E-state index in [2.05, 4.69) is 42.5 Å². The summed E-state index contributed by atoms with van der Waals surface area (Å²) in [5.41, 5.74) is 0. The Kier molecular flexibility index (Phi) is 8.48. The maximum Gasteiger partial charge on any atom is 0.0723 e. The smallest absolute Gasteiger partial charge is 0.0723 e. The molecule has 2 saturated heterocycles. The molecule has 2 atom stereocenters. The van der Waals surface area contributed by atoms with E-state index in [-0.39, 0.29) is 0 Å². The first-order chi connectivity index (χ1) is 11.5. The van der Waals surface area contributed by atoms with Gasteiger partial charge in [0.2, 0.25) is 0 Å². The lowest BCUT2D eigenvalue weighted by Gasteiger charge is -2.45. The number of nitrogens with zero attached hydrogens (tertiary/aromatic N) is 3. The molecular weight excluding hydrogens is 298 g/mol. The predicted molar refractivity (Wildman–Crippen MR) is 103 cm³/mol. The lowest BCUT2D eigenvalue weighted by Crippen LogP contribution is -2.55. The molecule has 0 aromatic heterocycles. The van der Waals surface area contributed by atoms with E-state index in [1.807, 2.05) is 7.11 Å². The third-order valence-corrected chi connectivity index (χ3v) is 6.20. The van der Waals surface area contributed by atoms with Crippen LogP contribution in [0.2, 0.25) is 0 Å². The molecule has 2 fully saturated rings.